The Labute approximate surface area is 92.7 Å². The summed E-state index contributed by atoms with van der Waals surface area (Å²) in [6.45, 7) is 6.05. The van der Waals surface area contributed by atoms with Crippen LogP contribution in [0.2, 0.25) is 0 Å². The van der Waals surface area contributed by atoms with Crippen molar-refractivity contribution in [3.8, 4) is 0 Å². The average Bonchev–Trinajstić information content (AvgIpc) is 2.57. The van der Waals surface area contributed by atoms with Gasteiger partial charge >= 0.3 is 0 Å². The van der Waals surface area contributed by atoms with Crippen LogP contribution in [0.5, 0.6) is 0 Å². The fourth-order valence-electron chi connectivity index (χ4n) is 1.54. The summed E-state index contributed by atoms with van der Waals surface area (Å²) in [5, 5.41) is 0. The van der Waals surface area contributed by atoms with Crippen LogP contribution in [0.4, 0.5) is 5.95 Å². The van der Waals surface area contributed by atoms with Crippen molar-refractivity contribution in [3.05, 3.63) is 16.7 Å². The van der Waals surface area contributed by atoms with Gasteiger partial charge in [-0.05, 0) is 20.8 Å². The van der Waals surface area contributed by atoms with Crippen molar-refractivity contribution in [2.24, 2.45) is 7.05 Å². The van der Waals surface area contributed by atoms with Crippen LogP contribution in [0.15, 0.2) is 11.1 Å². The van der Waals surface area contributed by atoms with Crippen molar-refractivity contribution in [3.63, 3.8) is 0 Å². The van der Waals surface area contributed by atoms with Crippen LogP contribution in [0, 0.1) is 0 Å². The van der Waals surface area contributed by atoms with E-state index in [-0.39, 0.29) is 17.0 Å². The minimum absolute atomic E-state index is 0.180. The van der Waals surface area contributed by atoms with Gasteiger partial charge in [-0.15, -0.1) is 0 Å². The van der Waals surface area contributed by atoms with E-state index >= 15 is 0 Å². The van der Waals surface area contributed by atoms with E-state index in [0.717, 1.165) is 0 Å². The molecule has 0 bridgehead atoms. The summed E-state index contributed by atoms with van der Waals surface area (Å²) in [6.07, 6.45) is 1.62. The Kier molecular flexibility index (Phi) is 2.04. The smallest absolute Gasteiger partial charge is 0.282 e. The number of nitrogens with two attached hydrogens (primary N) is 1. The molecule has 0 saturated carbocycles. The predicted octanol–water partition coefficient (Wildman–Crippen LogP) is 0.467. The largest absolute Gasteiger partial charge is 0.369 e. The molecular formula is C10H15N5O. The van der Waals surface area contributed by atoms with Crippen LogP contribution in [0.3, 0.4) is 0 Å². The third kappa shape index (κ3) is 1.37. The number of anilines is 1. The molecule has 0 aromatic carbocycles. The minimum Gasteiger partial charge on any atom is -0.369 e. The molecule has 6 heteroatoms. The average molecular weight is 221 g/mol. The first-order chi connectivity index (χ1) is 7.32. The van der Waals surface area contributed by atoms with Crippen LogP contribution in [-0.2, 0) is 12.6 Å². The number of rotatable bonds is 0. The zero-order chi connectivity index (χ0) is 12.1. The summed E-state index contributed by atoms with van der Waals surface area (Å²) in [4.78, 5) is 20.2. The SMILES string of the molecule is Cn1c(N)nc2c(ncn2C(C)(C)C)c1=O. The molecule has 2 N–H and O–H groups in total. The van der Waals surface area contributed by atoms with Gasteiger partial charge in [-0.2, -0.15) is 4.98 Å². The lowest BCUT2D eigenvalue weighted by Gasteiger charge is -2.20. The fraction of sp³-hybridized carbons (Fsp3) is 0.500. The Morgan fingerprint density at radius 2 is 2.00 bits per heavy atom. The molecule has 0 amide bonds. The molecule has 2 aromatic heterocycles. The summed E-state index contributed by atoms with van der Waals surface area (Å²) >= 11 is 0. The number of imidazole rings is 1. The monoisotopic (exact) mass is 221 g/mol. The maximum absolute atomic E-state index is 11.9. The first-order valence-corrected chi connectivity index (χ1v) is 5.02. The van der Waals surface area contributed by atoms with Gasteiger partial charge in [0.1, 0.15) is 0 Å². The van der Waals surface area contributed by atoms with Crippen molar-refractivity contribution >= 4 is 17.1 Å². The zero-order valence-corrected chi connectivity index (χ0v) is 9.85. The molecule has 0 radical (unpaired) electrons. The van der Waals surface area contributed by atoms with Gasteiger partial charge in [-0.3, -0.25) is 9.36 Å². The Hall–Kier alpha value is -1.85. The van der Waals surface area contributed by atoms with Crippen molar-refractivity contribution < 1.29 is 0 Å². The number of hydrogen-bond donors (Lipinski definition) is 1. The number of aromatic nitrogens is 4. The van der Waals surface area contributed by atoms with E-state index in [2.05, 4.69) is 9.97 Å². The molecule has 0 aliphatic rings. The standard InChI is InChI=1S/C10H15N5O/c1-10(2,3)15-5-12-6-7(15)13-9(11)14(4)8(6)16/h5H,1-4H3,(H2,11,13). The van der Waals surface area contributed by atoms with Gasteiger partial charge in [0.2, 0.25) is 5.95 Å². The van der Waals surface area contributed by atoms with Gasteiger partial charge < -0.3 is 10.3 Å². The van der Waals surface area contributed by atoms with Gasteiger partial charge in [0.15, 0.2) is 11.2 Å². The maximum atomic E-state index is 11.9. The predicted molar refractivity (Wildman–Crippen MR) is 62.2 cm³/mol. The van der Waals surface area contributed by atoms with Crippen LogP contribution < -0.4 is 11.3 Å². The molecule has 0 saturated heterocycles. The lowest BCUT2D eigenvalue weighted by Crippen LogP contribution is -2.25. The summed E-state index contributed by atoms with van der Waals surface area (Å²) in [7, 11) is 1.58. The van der Waals surface area contributed by atoms with Gasteiger partial charge in [0.25, 0.3) is 5.56 Å². The first-order valence-electron chi connectivity index (χ1n) is 5.02. The van der Waals surface area contributed by atoms with Gasteiger partial charge in [0.05, 0.1) is 6.33 Å². The number of hydrogen-bond acceptors (Lipinski definition) is 4. The highest BCUT2D eigenvalue weighted by Crippen LogP contribution is 2.18. The van der Waals surface area contributed by atoms with E-state index in [1.54, 1.807) is 13.4 Å². The molecule has 0 aliphatic heterocycles. The molecule has 0 fully saturated rings. The van der Waals surface area contributed by atoms with Crippen molar-refractivity contribution in [1.29, 1.82) is 0 Å². The normalized spacial score (nSPS) is 12.2. The summed E-state index contributed by atoms with van der Waals surface area (Å²) in [6, 6.07) is 0. The molecule has 6 nitrogen and oxygen atoms in total. The van der Waals surface area contributed by atoms with Crippen LogP contribution in [0.1, 0.15) is 20.8 Å². The minimum atomic E-state index is -0.217. The molecule has 86 valence electrons. The summed E-state index contributed by atoms with van der Waals surface area (Å²) < 4.78 is 3.14. The van der Waals surface area contributed by atoms with Gasteiger partial charge in [-0.1, -0.05) is 0 Å². The van der Waals surface area contributed by atoms with Crippen LogP contribution >= 0.6 is 0 Å². The van der Waals surface area contributed by atoms with E-state index in [1.165, 1.54) is 4.57 Å². The fourth-order valence-corrected chi connectivity index (χ4v) is 1.54. The summed E-state index contributed by atoms with van der Waals surface area (Å²) in [5.41, 5.74) is 6.16. The molecule has 16 heavy (non-hydrogen) atoms. The lowest BCUT2D eigenvalue weighted by molar-refractivity contribution is 0.406. The molecule has 2 rings (SSSR count). The second kappa shape index (κ2) is 3.07. The Morgan fingerprint density at radius 3 is 2.56 bits per heavy atom. The molecule has 2 aromatic rings. The van der Waals surface area contributed by atoms with Crippen LogP contribution in [0.25, 0.3) is 11.2 Å². The second-order valence-corrected chi connectivity index (χ2v) is 4.79. The van der Waals surface area contributed by atoms with Crippen molar-refractivity contribution in [2.75, 3.05) is 5.73 Å². The second-order valence-electron chi connectivity index (χ2n) is 4.79. The number of nitrogen functional groups attached to an aromatic ring is 1. The summed E-state index contributed by atoms with van der Waals surface area (Å²) in [5.74, 6) is 0.198. The molecule has 0 unspecified atom stereocenters. The van der Waals surface area contributed by atoms with Gasteiger partial charge in [0, 0.05) is 12.6 Å². The Bertz CT molecular complexity index is 602. The van der Waals surface area contributed by atoms with E-state index < -0.39 is 0 Å². The topological polar surface area (TPSA) is 78.7 Å². The number of fused-ring (bicyclic) bond motifs is 1. The quantitative estimate of drug-likeness (QED) is 0.701. The number of nitrogens with zero attached hydrogens (tertiary/aromatic N) is 4. The van der Waals surface area contributed by atoms with E-state index in [1.807, 2.05) is 25.3 Å². The molecule has 0 atom stereocenters. The van der Waals surface area contributed by atoms with Crippen LogP contribution in [-0.4, -0.2) is 19.1 Å². The highest BCUT2D eigenvalue weighted by atomic mass is 16.1. The third-order valence-electron chi connectivity index (χ3n) is 2.54. The maximum Gasteiger partial charge on any atom is 0.282 e. The van der Waals surface area contributed by atoms with Gasteiger partial charge in [-0.25, -0.2) is 4.98 Å². The third-order valence-corrected chi connectivity index (χ3v) is 2.54. The zero-order valence-electron chi connectivity index (χ0n) is 9.85. The highest BCUT2D eigenvalue weighted by Gasteiger charge is 2.19. The van der Waals surface area contributed by atoms with Crippen molar-refractivity contribution in [1.82, 2.24) is 19.1 Å². The lowest BCUT2D eigenvalue weighted by atomic mass is 10.1. The Morgan fingerprint density at radius 1 is 1.38 bits per heavy atom. The molecule has 0 spiro atoms. The Balaban J connectivity index is 2.90. The van der Waals surface area contributed by atoms with E-state index in [4.69, 9.17) is 5.73 Å². The van der Waals surface area contributed by atoms with E-state index in [0.29, 0.717) is 11.2 Å². The molecule has 2 heterocycles. The van der Waals surface area contributed by atoms with E-state index in [9.17, 15) is 4.79 Å². The molecular weight excluding hydrogens is 206 g/mol. The highest BCUT2D eigenvalue weighted by molar-refractivity contribution is 5.71. The molecule has 0 aliphatic carbocycles. The van der Waals surface area contributed by atoms with Crippen molar-refractivity contribution in [2.45, 2.75) is 26.3 Å². The first kappa shape index (κ1) is 10.7.